The number of aromatic nitrogens is 1. The molecule has 2 aromatic carbocycles. The summed E-state index contributed by atoms with van der Waals surface area (Å²) in [5.41, 5.74) is 7.11. The van der Waals surface area contributed by atoms with Crippen molar-refractivity contribution in [3.05, 3.63) is 84.2 Å². The van der Waals surface area contributed by atoms with Gasteiger partial charge in [-0.05, 0) is 42.5 Å². The Morgan fingerprint density at radius 3 is 2.37 bits per heavy atom. The average Bonchev–Trinajstić information content (AvgIpc) is 2.74. The smallest absolute Gasteiger partial charge is 0.290 e. The third kappa shape index (κ3) is 5.20. The second-order valence-corrected chi connectivity index (χ2v) is 6.41. The van der Waals surface area contributed by atoms with E-state index in [9.17, 15) is 14.4 Å². The number of rotatable bonds is 7. The molecule has 152 valence electrons. The number of hydrogen-bond acceptors (Lipinski definition) is 4. The van der Waals surface area contributed by atoms with E-state index in [0.717, 1.165) is 0 Å². The first-order valence-corrected chi connectivity index (χ1v) is 9.09. The number of pyridine rings is 1. The van der Waals surface area contributed by atoms with Crippen LogP contribution in [0, 0.1) is 0 Å². The van der Waals surface area contributed by atoms with Crippen molar-refractivity contribution in [2.45, 2.75) is 6.54 Å². The molecule has 0 aliphatic rings. The minimum atomic E-state index is -0.563. The number of nitrogens with one attached hydrogen (secondary N) is 2. The third-order valence-electron chi connectivity index (χ3n) is 4.25. The third-order valence-corrected chi connectivity index (χ3v) is 4.25. The Labute approximate surface area is 173 Å². The number of carbonyl (C=O) groups excluding carboxylic acids is 3. The normalized spacial score (nSPS) is 10.2. The van der Waals surface area contributed by atoms with Gasteiger partial charge in [-0.25, -0.2) is 0 Å². The van der Waals surface area contributed by atoms with Gasteiger partial charge in [0.15, 0.2) is 12.4 Å². The number of primary amides is 1. The van der Waals surface area contributed by atoms with E-state index < -0.39 is 5.91 Å². The molecule has 0 atom stereocenters. The van der Waals surface area contributed by atoms with E-state index in [1.807, 2.05) is 6.07 Å². The molecular weight excluding hydrogens is 384 g/mol. The van der Waals surface area contributed by atoms with Crippen molar-refractivity contribution in [3.8, 4) is 5.75 Å². The molecule has 30 heavy (non-hydrogen) atoms. The Balaban J connectivity index is 1.61. The second-order valence-electron chi connectivity index (χ2n) is 6.41. The number of methoxy groups -OCH3 is 1. The van der Waals surface area contributed by atoms with Crippen molar-refractivity contribution in [2.24, 2.45) is 5.73 Å². The highest BCUT2D eigenvalue weighted by atomic mass is 16.5. The van der Waals surface area contributed by atoms with E-state index in [0.29, 0.717) is 28.3 Å². The molecule has 0 fully saturated rings. The molecule has 0 saturated heterocycles. The lowest BCUT2D eigenvalue weighted by atomic mass is 10.2. The molecular formula is C22H21N4O4+. The van der Waals surface area contributed by atoms with Crippen molar-refractivity contribution < 1.29 is 23.7 Å². The van der Waals surface area contributed by atoms with Crippen LogP contribution in [0.2, 0.25) is 0 Å². The Kier molecular flexibility index (Phi) is 6.39. The second kappa shape index (κ2) is 9.33. The summed E-state index contributed by atoms with van der Waals surface area (Å²) < 4.78 is 6.78. The summed E-state index contributed by atoms with van der Waals surface area (Å²) in [6.07, 6.45) is 3.17. The van der Waals surface area contributed by atoms with E-state index in [1.54, 1.807) is 65.4 Å². The van der Waals surface area contributed by atoms with Gasteiger partial charge >= 0.3 is 0 Å². The van der Waals surface area contributed by atoms with Crippen LogP contribution < -0.4 is 25.7 Å². The van der Waals surface area contributed by atoms with Crippen LogP contribution in [0.15, 0.2) is 73.1 Å². The zero-order chi connectivity index (χ0) is 21.5. The van der Waals surface area contributed by atoms with Crippen LogP contribution in [0.25, 0.3) is 0 Å². The maximum atomic E-state index is 12.4. The molecule has 0 radical (unpaired) electrons. The molecule has 0 spiro atoms. The highest BCUT2D eigenvalue weighted by Crippen LogP contribution is 2.23. The first-order chi connectivity index (χ1) is 14.5. The van der Waals surface area contributed by atoms with E-state index in [2.05, 4.69) is 10.6 Å². The highest BCUT2D eigenvalue weighted by Gasteiger charge is 2.13. The summed E-state index contributed by atoms with van der Waals surface area (Å²) in [6.45, 7) is 0.0111. The zero-order valence-corrected chi connectivity index (χ0v) is 16.3. The molecule has 3 aromatic rings. The number of nitrogens with zero attached hydrogens (tertiary/aromatic N) is 1. The Hall–Kier alpha value is -4.20. The predicted octanol–water partition coefficient (Wildman–Crippen LogP) is 1.97. The summed E-state index contributed by atoms with van der Waals surface area (Å²) in [5, 5.41) is 5.54. The van der Waals surface area contributed by atoms with Gasteiger partial charge < -0.3 is 21.1 Å². The summed E-state index contributed by atoms with van der Waals surface area (Å²) >= 11 is 0. The summed E-state index contributed by atoms with van der Waals surface area (Å²) in [5.74, 6) is -0.580. The number of para-hydroxylation sites is 2. The first-order valence-electron chi connectivity index (χ1n) is 9.09. The summed E-state index contributed by atoms with van der Waals surface area (Å²) in [7, 11) is 1.53. The minimum Gasteiger partial charge on any atom is -0.495 e. The molecule has 1 aromatic heterocycles. The Morgan fingerprint density at radius 2 is 1.67 bits per heavy atom. The minimum absolute atomic E-state index is 0.0111. The summed E-state index contributed by atoms with van der Waals surface area (Å²) in [4.78, 5) is 35.9. The number of anilines is 2. The highest BCUT2D eigenvalue weighted by molar-refractivity contribution is 6.05. The van der Waals surface area contributed by atoms with Gasteiger partial charge in [0.05, 0.1) is 12.8 Å². The number of carbonyl (C=O) groups is 3. The number of ether oxygens (including phenoxy) is 1. The fourth-order valence-electron chi connectivity index (χ4n) is 2.78. The van der Waals surface area contributed by atoms with Gasteiger partial charge in [-0.2, -0.15) is 4.57 Å². The van der Waals surface area contributed by atoms with Gasteiger partial charge in [-0.15, -0.1) is 0 Å². The average molecular weight is 405 g/mol. The molecule has 0 bridgehead atoms. The van der Waals surface area contributed by atoms with Gasteiger partial charge in [0.1, 0.15) is 11.3 Å². The fourth-order valence-corrected chi connectivity index (χ4v) is 2.78. The van der Waals surface area contributed by atoms with Gasteiger partial charge in [0.25, 0.3) is 17.7 Å². The molecule has 0 saturated carbocycles. The van der Waals surface area contributed by atoms with E-state index in [1.165, 1.54) is 13.3 Å². The van der Waals surface area contributed by atoms with Crippen LogP contribution in [-0.4, -0.2) is 24.8 Å². The predicted molar refractivity (Wildman–Crippen MR) is 111 cm³/mol. The molecule has 0 aliphatic heterocycles. The van der Waals surface area contributed by atoms with Crippen molar-refractivity contribution in [3.63, 3.8) is 0 Å². The van der Waals surface area contributed by atoms with Crippen LogP contribution in [0.5, 0.6) is 5.75 Å². The molecule has 0 aliphatic carbocycles. The topological polar surface area (TPSA) is 114 Å². The van der Waals surface area contributed by atoms with E-state index >= 15 is 0 Å². The number of amides is 3. The van der Waals surface area contributed by atoms with Crippen molar-refractivity contribution in [1.29, 1.82) is 0 Å². The van der Waals surface area contributed by atoms with E-state index in [4.69, 9.17) is 10.5 Å². The number of benzene rings is 2. The van der Waals surface area contributed by atoms with Crippen LogP contribution in [-0.2, 0) is 11.3 Å². The monoisotopic (exact) mass is 405 g/mol. The molecule has 3 amide bonds. The van der Waals surface area contributed by atoms with Crippen molar-refractivity contribution >= 4 is 29.1 Å². The molecule has 8 nitrogen and oxygen atoms in total. The van der Waals surface area contributed by atoms with Crippen LogP contribution >= 0.6 is 0 Å². The maximum Gasteiger partial charge on any atom is 0.290 e. The lowest BCUT2D eigenvalue weighted by molar-refractivity contribution is -0.684. The maximum absolute atomic E-state index is 12.4. The van der Waals surface area contributed by atoms with Crippen LogP contribution in [0.1, 0.15) is 20.7 Å². The number of hydrogen-bond donors (Lipinski definition) is 3. The van der Waals surface area contributed by atoms with Gasteiger partial charge in [-0.1, -0.05) is 12.1 Å². The SMILES string of the molecule is COc1ccccc1NC(=O)c1ccc(NC(=O)C[n+]2cccc(C(N)=O)c2)cc1. The fraction of sp³-hybridized carbons (Fsp3) is 0.0909. The summed E-state index contributed by atoms with van der Waals surface area (Å²) in [6, 6.07) is 16.8. The molecule has 3 rings (SSSR count). The van der Waals surface area contributed by atoms with Crippen molar-refractivity contribution in [2.75, 3.05) is 17.7 Å². The Bertz CT molecular complexity index is 1080. The first kappa shape index (κ1) is 20.5. The molecule has 4 N–H and O–H groups in total. The standard InChI is InChI=1S/C22H20N4O4/c1-30-19-7-3-2-6-18(19)25-22(29)15-8-10-17(11-9-15)24-20(27)14-26-12-4-5-16(13-26)21(23)28/h2-13H,14H2,1H3,(H3-,23,24,25,27,28,29)/p+1. The van der Waals surface area contributed by atoms with Gasteiger partial charge in [0.2, 0.25) is 6.54 Å². The zero-order valence-electron chi connectivity index (χ0n) is 16.3. The van der Waals surface area contributed by atoms with Gasteiger partial charge in [0, 0.05) is 17.3 Å². The Morgan fingerprint density at radius 1 is 0.933 bits per heavy atom. The molecule has 0 unspecified atom stereocenters. The molecule has 1 heterocycles. The van der Waals surface area contributed by atoms with E-state index in [-0.39, 0.29) is 18.4 Å². The lowest BCUT2D eigenvalue weighted by Crippen LogP contribution is -2.40. The van der Waals surface area contributed by atoms with Crippen LogP contribution in [0.4, 0.5) is 11.4 Å². The molecule has 8 heteroatoms. The number of nitrogens with two attached hydrogens (primary N) is 1. The lowest BCUT2D eigenvalue weighted by Gasteiger charge is -2.10. The largest absolute Gasteiger partial charge is 0.495 e. The van der Waals surface area contributed by atoms with Crippen LogP contribution in [0.3, 0.4) is 0 Å². The van der Waals surface area contributed by atoms with Crippen molar-refractivity contribution in [1.82, 2.24) is 0 Å². The quantitative estimate of drug-likeness (QED) is 0.521. The van der Waals surface area contributed by atoms with Gasteiger partial charge in [-0.3, -0.25) is 14.4 Å².